The maximum absolute atomic E-state index is 11.2. The van der Waals surface area contributed by atoms with Crippen molar-refractivity contribution in [1.29, 1.82) is 0 Å². The maximum Gasteiger partial charge on any atom is 0.240 e. The largest absolute Gasteiger partial charge is 0.368 e. The van der Waals surface area contributed by atoms with Crippen LogP contribution in [-0.2, 0) is 4.79 Å². The fourth-order valence-corrected chi connectivity index (χ4v) is 1.59. The van der Waals surface area contributed by atoms with Crippen molar-refractivity contribution in [2.45, 2.75) is 6.04 Å². The molecule has 1 atom stereocenters. The van der Waals surface area contributed by atoms with Gasteiger partial charge in [-0.25, -0.2) is 0 Å². The number of halogens is 1. The van der Waals surface area contributed by atoms with Gasteiger partial charge in [0.2, 0.25) is 5.91 Å². The molecule has 0 aliphatic heterocycles. The van der Waals surface area contributed by atoms with Crippen LogP contribution in [0.3, 0.4) is 0 Å². The van der Waals surface area contributed by atoms with Crippen molar-refractivity contribution in [2.75, 3.05) is 14.1 Å². The highest BCUT2D eigenvalue weighted by Crippen LogP contribution is 2.18. The van der Waals surface area contributed by atoms with Crippen LogP contribution in [0.15, 0.2) is 22.8 Å². The Bertz CT molecular complexity index is 341. The van der Waals surface area contributed by atoms with Gasteiger partial charge in [0.25, 0.3) is 0 Å². The minimum absolute atomic E-state index is 0.402. The summed E-state index contributed by atoms with van der Waals surface area (Å²) in [4.78, 5) is 17.0. The molecule has 4 nitrogen and oxygen atoms in total. The SMILES string of the molecule is CN(C)C(C(N)=O)c1cc(Br)ccn1. The van der Waals surface area contributed by atoms with Crippen LogP contribution in [0.2, 0.25) is 0 Å². The molecule has 1 heterocycles. The zero-order valence-electron chi connectivity index (χ0n) is 8.07. The number of primary amides is 1. The van der Waals surface area contributed by atoms with E-state index in [1.807, 2.05) is 0 Å². The number of rotatable bonds is 3. The summed E-state index contributed by atoms with van der Waals surface area (Å²) in [6.07, 6.45) is 1.64. The standard InChI is InChI=1S/C9H12BrN3O/c1-13(2)8(9(11)14)7-5-6(10)3-4-12-7/h3-5,8H,1-2H3,(H2,11,14). The zero-order valence-corrected chi connectivity index (χ0v) is 9.65. The Kier molecular flexibility index (Phi) is 3.60. The van der Waals surface area contributed by atoms with E-state index >= 15 is 0 Å². The molecule has 14 heavy (non-hydrogen) atoms. The summed E-state index contributed by atoms with van der Waals surface area (Å²) >= 11 is 3.32. The third-order valence-electron chi connectivity index (χ3n) is 1.81. The van der Waals surface area contributed by atoms with Crippen LogP contribution in [0.25, 0.3) is 0 Å². The second kappa shape index (κ2) is 4.52. The number of nitrogens with zero attached hydrogens (tertiary/aromatic N) is 2. The maximum atomic E-state index is 11.2. The second-order valence-electron chi connectivity index (χ2n) is 3.17. The Morgan fingerprint density at radius 3 is 2.71 bits per heavy atom. The van der Waals surface area contributed by atoms with Crippen molar-refractivity contribution in [3.05, 3.63) is 28.5 Å². The predicted octanol–water partition coefficient (Wildman–Crippen LogP) is 0.932. The summed E-state index contributed by atoms with van der Waals surface area (Å²) in [5.74, 6) is -0.402. The fraction of sp³-hybridized carbons (Fsp3) is 0.333. The van der Waals surface area contributed by atoms with Crippen molar-refractivity contribution >= 4 is 21.8 Å². The van der Waals surface area contributed by atoms with E-state index in [4.69, 9.17) is 5.73 Å². The number of hydrogen-bond acceptors (Lipinski definition) is 3. The molecule has 0 spiro atoms. The van der Waals surface area contributed by atoms with Crippen LogP contribution in [-0.4, -0.2) is 29.9 Å². The number of pyridine rings is 1. The Labute approximate surface area is 91.2 Å². The number of aromatic nitrogens is 1. The fourth-order valence-electron chi connectivity index (χ4n) is 1.24. The third-order valence-corrected chi connectivity index (χ3v) is 2.30. The first-order chi connectivity index (χ1) is 6.52. The van der Waals surface area contributed by atoms with Gasteiger partial charge in [-0.05, 0) is 26.2 Å². The van der Waals surface area contributed by atoms with Gasteiger partial charge in [-0.1, -0.05) is 15.9 Å². The number of carbonyl (C=O) groups is 1. The highest BCUT2D eigenvalue weighted by Gasteiger charge is 2.21. The molecule has 0 radical (unpaired) electrons. The van der Waals surface area contributed by atoms with Crippen LogP contribution in [0.1, 0.15) is 11.7 Å². The van der Waals surface area contributed by atoms with Crippen molar-refractivity contribution in [3.8, 4) is 0 Å². The Balaban J connectivity index is 3.05. The molecule has 0 aliphatic rings. The summed E-state index contributed by atoms with van der Waals surface area (Å²) in [7, 11) is 3.58. The van der Waals surface area contributed by atoms with E-state index in [9.17, 15) is 4.79 Å². The smallest absolute Gasteiger partial charge is 0.240 e. The van der Waals surface area contributed by atoms with Gasteiger partial charge in [0.05, 0.1) is 5.69 Å². The van der Waals surface area contributed by atoms with Crippen LogP contribution in [0, 0.1) is 0 Å². The molecule has 76 valence electrons. The van der Waals surface area contributed by atoms with Gasteiger partial charge < -0.3 is 5.73 Å². The molecule has 1 aromatic heterocycles. The number of amides is 1. The molecule has 2 N–H and O–H groups in total. The van der Waals surface area contributed by atoms with E-state index < -0.39 is 11.9 Å². The molecule has 1 aromatic rings. The molecule has 0 bridgehead atoms. The number of nitrogens with two attached hydrogens (primary N) is 1. The highest BCUT2D eigenvalue weighted by molar-refractivity contribution is 9.10. The molecule has 0 fully saturated rings. The van der Waals surface area contributed by atoms with Crippen molar-refractivity contribution in [1.82, 2.24) is 9.88 Å². The molecule has 0 aliphatic carbocycles. The van der Waals surface area contributed by atoms with Gasteiger partial charge in [0.1, 0.15) is 6.04 Å². The number of likely N-dealkylation sites (N-methyl/N-ethyl adjacent to an activating group) is 1. The van der Waals surface area contributed by atoms with E-state index in [2.05, 4.69) is 20.9 Å². The summed E-state index contributed by atoms with van der Waals surface area (Å²) < 4.78 is 0.885. The van der Waals surface area contributed by atoms with Crippen LogP contribution in [0.4, 0.5) is 0 Å². The molecule has 1 amide bonds. The summed E-state index contributed by atoms with van der Waals surface area (Å²) in [5.41, 5.74) is 5.93. The average Bonchev–Trinajstić information content (AvgIpc) is 2.02. The zero-order chi connectivity index (χ0) is 10.7. The molecular weight excluding hydrogens is 246 g/mol. The highest BCUT2D eigenvalue weighted by atomic mass is 79.9. The van der Waals surface area contributed by atoms with Gasteiger partial charge in [-0.15, -0.1) is 0 Å². The van der Waals surface area contributed by atoms with Crippen LogP contribution in [0.5, 0.6) is 0 Å². The molecule has 0 saturated carbocycles. The van der Waals surface area contributed by atoms with E-state index in [1.165, 1.54) is 0 Å². The lowest BCUT2D eigenvalue weighted by Crippen LogP contribution is -2.33. The second-order valence-corrected chi connectivity index (χ2v) is 4.08. The van der Waals surface area contributed by atoms with Gasteiger partial charge >= 0.3 is 0 Å². The first-order valence-electron chi connectivity index (χ1n) is 4.09. The van der Waals surface area contributed by atoms with Crippen LogP contribution < -0.4 is 5.73 Å². The average molecular weight is 258 g/mol. The molecule has 0 aromatic carbocycles. The lowest BCUT2D eigenvalue weighted by molar-refractivity contribution is -0.122. The Morgan fingerprint density at radius 2 is 2.29 bits per heavy atom. The lowest BCUT2D eigenvalue weighted by atomic mass is 10.1. The Hall–Kier alpha value is -0.940. The summed E-state index contributed by atoms with van der Waals surface area (Å²) in [6, 6.07) is 3.11. The normalized spacial score (nSPS) is 12.9. The molecular formula is C9H12BrN3O. The third kappa shape index (κ3) is 2.52. The monoisotopic (exact) mass is 257 g/mol. The molecule has 1 rings (SSSR count). The van der Waals surface area contributed by atoms with Gasteiger partial charge in [-0.2, -0.15) is 0 Å². The summed E-state index contributed by atoms with van der Waals surface area (Å²) in [5, 5.41) is 0. The number of carbonyl (C=O) groups excluding carboxylic acids is 1. The van der Waals surface area contributed by atoms with Crippen molar-refractivity contribution < 1.29 is 4.79 Å². The predicted molar refractivity (Wildman–Crippen MR) is 57.6 cm³/mol. The molecule has 1 unspecified atom stereocenters. The van der Waals surface area contributed by atoms with Gasteiger partial charge in [0.15, 0.2) is 0 Å². The van der Waals surface area contributed by atoms with E-state index in [0.29, 0.717) is 5.69 Å². The molecule has 5 heteroatoms. The van der Waals surface area contributed by atoms with E-state index in [0.717, 1.165) is 4.47 Å². The quantitative estimate of drug-likeness (QED) is 0.877. The van der Waals surface area contributed by atoms with Crippen LogP contribution >= 0.6 is 15.9 Å². The first kappa shape index (κ1) is 11.1. The minimum Gasteiger partial charge on any atom is -0.368 e. The number of hydrogen-bond donors (Lipinski definition) is 1. The molecule has 0 saturated heterocycles. The minimum atomic E-state index is -0.479. The first-order valence-corrected chi connectivity index (χ1v) is 4.89. The lowest BCUT2D eigenvalue weighted by Gasteiger charge is -2.20. The van der Waals surface area contributed by atoms with E-state index in [-0.39, 0.29) is 0 Å². The Morgan fingerprint density at radius 1 is 1.64 bits per heavy atom. The van der Waals surface area contributed by atoms with Gasteiger partial charge in [0, 0.05) is 10.7 Å². The van der Waals surface area contributed by atoms with Crippen molar-refractivity contribution in [3.63, 3.8) is 0 Å². The summed E-state index contributed by atoms with van der Waals surface area (Å²) in [6.45, 7) is 0. The topological polar surface area (TPSA) is 59.2 Å². The van der Waals surface area contributed by atoms with Crippen molar-refractivity contribution in [2.24, 2.45) is 5.73 Å². The van der Waals surface area contributed by atoms with Gasteiger partial charge in [-0.3, -0.25) is 14.7 Å². The van der Waals surface area contributed by atoms with E-state index in [1.54, 1.807) is 37.3 Å².